The van der Waals surface area contributed by atoms with Gasteiger partial charge in [-0.3, -0.25) is 0 Å². The second-order valence-corrected chi connectivity index (χ2v) is 6.39. The van der Waals surface area contributed by atoms with Crippen molar-refractivity contribution >= 4 is 35.2 Å². The normalized spacial score (nSPS) is 14.5. The average molecular weight is 385 g/mol. The fraction of sp³-hybridized carbons (Fsp3) is 0.667. The first kappa shape index (κ1) is 20.8. The van der Waals surface area contributed by atoms with E-state index in [1.807, 2.05) is 0 Å². The van der Waals surface area contributed by atoms with Crippen LogP contribution in [0.25, 0.3) is 0 Å². The Morgan fingerprint density at radius 2 is 0.909 bits per heavy atom. The van der Waals surface area contributed by atoms with Gasteiger partial charge in [0.15, 0.2) is 0 Å². The molecule has 0 aromatic heterocycles. The van der Waals surface area contributed by atoms with Gasteiger partial charge in [-0.2, -0.15) is 0 Å². The number of rotatable bonds is 9. The van der Waals surface area contributed by atoms with Gasteiger partial charge in [0.2, 0.25) is 0 Å². The molecule has 0 heterocycles. The van der Waals surface area contributed by atoms with Crippen molar-refractivity contribution in [2.75, 3.05) is 19.8 Å². The summed E-state index contributed by atoms with van der Waals surface area (Å²) in [6, 6.07) is 0. The van der Waals surface area contributed by atoms with Crippen LogP contribution in [-0.4, -0.2) is 104 Å². The quantitative estimate of drug-likeness (QED) is 0.206. The minimum absolute atomic E-state index is 1.02. The van der Waals surface area contributed by atoms with Crippen molar-refractivity contribution in [3.63, 3.8) is 0 Å². The molecule has 0 aromatic rings. The summed E-state index contributed by atoms with van der Waals surface area (Å²) in [6.07, 6.45) is -5.97. The zero-order chi connectivity index (χ0) is 17.3. The van der Waals surface area contributed by atoms with Crippen LogP contribution in [0.3, 0.4) is 0 Å². The molecule has 0 aliphatic heterocycles. The standard InChI is InChI=1S/3C3H6O4.Ga/c3*4-1-2(5)3(6)7;/h3*2,4-5H,1H2,(H,6,7);/q;;;+3/p-3. The summed E-state index contributed by atoms with van der Waals surface area (Å²) in [4.78, 5) is 33.7. The number of hydrogen-bond acceptors (Lipinski definition) is 12. The SMILES string of the molecule is O=C([O][Ga]([O]C(=O)C(O)CO)[O]C(=O)C(O)CO)C(O)CO. The van der Waals surface area contributed by atoms with Gasteiger partial charge in [0.25, 0.3) is 0 Å². The number of hydrogen-bond donors (Lipinski definition) is 6. The van der Waals surface area contributed by atoms with Crippen LogP contribution < -0.4 is 0 Å². The van der Waals surface area contributed by atoms with Crippen LogP contribution in [0.1, 0.15) is 0 Å². The van der Waals surface area contributed by atoms with E-state index in [2.05, 4.69) is 10.6 Å². The Labute approximate surface area is 129 Å². The molecule has 12 nitrogen and oxygen atoms in total. The van der Waals surface area contributed by atoms with Crippen molar-refractivity contribution in [1.29, 1.82) is 0 Å². The molecule has 22 heavy (non-hydrogen) atoms. The molecular formula is C9H15GaO12. The number of carbonyl (C=O) groups is 3. The molecule has 0 rings (SSSR count). The summed E-state index contributed by atoms with van der Waals surface area (Å²) in [7, 11) is 0. The van der Waals surface area contributed by atoms with Crippen molar-refractivity contribution < 1.29 is 55.6 Å². The summed E-state index contributed by atoms with van der Waals surface area (Å²) in [6.45, 7) is -3.06. The molecule has 126 valence electrons. The summed E-state index contributed by atoms with van der Waals surface area (Å²) >= 11 is -4.52. The van der Waals surface area contributed by atoms with Crippen LogP contribution in [0.4, 0.5) is 0 Å². The third-order valence-electron chi connectivity index (χ3n) is 1.97. The summed E-state index contributed by atoms with van der Waals surface area (Å²) in [5, 5.41) is 52.6. The first-order valence-corrected chi connectivity index (χ1v) is 8.71. The van der Waals surface area contributed by atoms with Crippen LogP contribution in [0, 0.1) is 0 Å². The van der Waals surface area contributed by atoms with E-state index < -0.39 is 73.4 Å². The van der Waals surface area contributed by atoms with E-state index in [1.54, 1.807) is 0 Å². The van der Waals surface area contributed by atoms with Crippen molar-refractivity contribution in [1.82, 2.24) is 0 Å². The van der Waals surface area contributed by atoms with Crippen LogP contribution in [0.15, 0.2) is 0 Å². The monoisotopic (exact) mass is 384 g/mol. The molecule has 0 aromatic carbocycles. The molecule has 0 spiro atoms. The Hall–Kier alpha value is -1.19. The zero-order valence-corrected chi connectivity index (χ0v) is 13.5. The van der Waals surface area contributed by atoms with Crippen molar-refractivity contribution in [3.05, 3.63) is 0 Å². The van der Waals surface area contributed by atoms with Gasteiger partial charge in [-0.05, 0) is 0 Å². The Morgan fingerprint density at radius 1 is 0.682 bits per heavy atom. The van der Waals surface area contributed by atoms with E-state index in [-0.39, 0.29) is 0 Å². The number of aliphatic hydroxyl groups is 6. The van der Waals surface area contributed by atoms with Gasteiger partial charge in [0.1, 0.15) is 0 Å². The van der Waals surface area contributed by atoms with Crippen LogP contribution in [-0.2, 0) is 25.0 Å². The second kappa shape index (κ2) is 10.5. The Bertz CT molecular complexity index is 330. The van der Waals surface area contributed by atoms with Gasteiger partial charge in [-0.15, -0.1) is 0 Å². The van der Waals surface area contributed by atoms with Crippen LogP contribution >= 0.6 is 0 Å². The maximum absolute atomic E-state index is 11.2. The number of aliphatic hydroxyl groups excluding tert-OH is 6. The molecule has 0 radical (unpaired) electrons. The van der Waals surface area contributed by atoms with E-state index >= 15 is 0 Å². The van der Waals surface area contributed by atoms with E-state index in [1.165, 1.54) is 0 Å². The Kier molecular flexibility index (Phi) is 9.95. The van der Waals surface area contributed by atoms with Crippen molar-refractivity contribution in [3.8, 4) is 0 Å². The molecule has 0 fully saturated rings. The molecule has 0 aliphatic rings. The topological polar surface area (TPSA) is 200 Å². The predicted octanol–water partition coefficient (Wildman–Crippen LogP) is -5.34. The molecule has 13 heteroatoms. The molecule has 0 amide bonds. The average Bonchev–Trinajstić information content (AvgIpc) is 2.51. The van der Waals surface area contributed by atoms with E-state index in [0.717, 1.165) is 0 Å². The summed E-state index contributed by atoms with van der Waals surface area (Å²) < 4.78 is 13.2. The van der Waals surface area contributed by atoms with Gasteiger partial charge >= 0.3 is 129 Å². The minimum atomic E-state index is -4.52. The zero-order valence-electron chi connectivity index (χ0n) is 11.1. The molecule has 6 N–H and O–H groups in total. The fourth-order valence-electron chi connectivity index (χ4n) is 0.816. The van der Waals surface area contributed by atoms with Crippen molar-refractivity contribution in [2.45, 2.75) is 18.3 Å². The summed E-state index contributed by atoms with van der Waals surface area (Å²) in [5.74, 6) is -4.40. The predicted molar refractivity (Wildman–Crippen MR) is 63.3 cm³/mol. The molecule has 0 bridgehead atoms. The van der Waals surface area contributed by atoms with Gasteiger partial charge in [-0.25, -0.2) is 0 Å². The van der Waals surface area contributed by atoms with Crippen LogP contribution in [0.2, 0.25) is 0 Å². The fourth-order valence-corrected chi connectivity index (χ4v) is 3.30. The number of carbonyl (C=O) groups excluding carboxylic acids is 3. The molecule has 0 saturated heterocycles. The summed E-state index contributed by atoms with van der Waals surface area (Å²) in [5.41, 5.74) is 0. The van der Waals surface area contributed by atoms with Crippen molar-refractivity contribution in [2.24, 2.45) is 0 Å². The molecule has 0 saturated carbocycles. The third-order valence-corrected chi connectivity index (χ3v) is 4.65. The molecule has 3 atom stereocenters. The van der Waals surface area contributed by atoms with Gasteiger partial charge < -0.3 is 0 Å². The first-order valence-electron chi connectivity index (χ1n) is 5.75. The third kappa shape index (κ3) is 7.19. The first-order chi connectivity index (χ1) is 10.3. The van der Waals surface area contributed by atoms with E-state index in [0.29, 0.717) is 0 Å². The molecule has 0 aliphatic carbocycles. The van der Waals surface area contributed by atoms with Gasteiger partial charge in [0, 0.05) is 0 Å². The van der Waals surface area contributed by atoms with E-state index in [4.69, 9.17) is 30.6 Å². The van der Waals surface area contributed by atoms with E-state index in [9.17, 15) is 14.4 Å². The maximum atomic E-state index is 11.2. The molecule has 3 unspecified atom stereocenters. The van der Waals surface area contributed by atoms with Crippen LogP contribution in [0.5, 0.6) is 0 Å². The Balaban J connectivity index is 4.86. The Morgan fingerprint density at radius 3 is 1.09 bits per heavy atom. The van der Waals surface area contributed by atoms with Gasteiger partial charge in [0.05, 0.1) is 0 Å². The van der Waals surface area contributed by atoms with Gasteiger partial charge in [-0.1, -0.05) is 0 Å². The second-order valence-electron chi connectivity index (χ2n) is 3.69. The molecular weight excluding hydrogens is 370 g/mol.